The second-order valence-electron chi connectivity index (χ2n) is 5.69. The molecule has 0 N–H and O–H groups in total. The molecule has 0 amide bonds. The zero-order valence-electron chi connectivity index (χ0n) is 13.8. The van der Waals surface area contributed by atoms with E-state index >= 15 is 0 Å². The third kappa shape index (κ3) is 3.68. The summed E-state index contributed by atoms with van der Waals surface area (Å²) in [5, 5.41) is 3.11. The number of alkyl halides is 1. The molecule has 3 aromatic carbocycles. The number of rotatable bonds is 6. The molecule has 0 aromatic heterocycles. The Labute approximate surface area is 154 Å². The van der Waals surface area contributed by atoms with Crippen LogP contribution >= 0.6 is 11.6 Å². The van der Waals surface area contributed by atoms with Crippen molar-refractivity contribution in [2.75, 3.05) is 5.88 Å². The molecule has 0 aliphatic carbocycles. The summed E-state index contributed by atoms with van der Waals surface area (Å²) in [5.74, 6) is -0.0139. The van der Waals surface area contributed by atoms with Crippen molar-refractivity contribution in [1.82, 2.24) is 0 Å². The van der Waals surface area contributed by atoms with Crippen molar-refractivity contribution in [1.29, 1.82) is 0 Å². The van der Waals surface area contributed by atoms with Gasteiger partial charge < -0.3 is 4.43 Å². The minimum absolute atomic E-state index is 0.197. The van der Waals surface area contributed by atoms with Crippen molar-refractivity contribution in [2.45, 2.75) is 6.42 Å². The quantitative estimate of drug-likeness (QED) is 0.381. The lowest BCUT2D eigenvalue weighted by molar-refractivity contribution is -0.134. The average Bonchev–Trinajstić information content (AvgIpc) is 2.68. The van der Waals surface area contributed by atoms with Gasteiger partial charge in [0, 0.05) is 5.88 Å². The zero-order chi connectivity index (χ0) is 17.5. The monoisotopic (exact) mass is 366 g/mol. The minimum atomic E-state index is -2.93. The van der Waals surface area contributed by atoms with Crippen molar-refractivity contribution in [2.24, 2.45) is 0 Å². The van der Waals surface area contributed by atoms with Crippen LogP contribution in [-0.4, -0.2) is 20.2 Å². The molecule has 2 nitrogen and oxygen atoms in total. The maximum absolute atomic E-state index is 12.5. The van der Waals surface area contributed by atoms with Gasteiger partial charge >= 0.3 is 8.32 Å². The highest BCUT2D eigenvalue weighted by atomic mass is 35.5. The first-order valence-electron chi connectivity index (χ1n) is 8.22. The number of halogens is 1. The Hall–Kier alpha value is -2.36. The first kappa shape index (κ1) is 17.5. The molecule has 0 bridgehead atoms. The maximum Gasteiger partial charge on any atom is 0.350 e. The van der Waals surface area contributed by atoms with Crippen LogP contribution in [0.5, 0.6) is 0 Å². The topological polar surface area (TPSA) is 26.3 Å². The normalized spacial score (nSPS) is 11.1. The Balaban J connectivity index is 2.26. The lowest BCUT2D eigenvalue weighted by atomic mass is 10.3. The highest BCUT2D eigenvalue weighted by molar-refractivity contribution is 7.07. The molecule has 0 fully saturated rings. The van der Waals surface area contributed by atoms with Crippen molar-refractivity contribution < 1.29 is 9.22 Å². The highest BCUT2D eigenvalue weighted by Crippen LogP contribution is 2.11. The van der Waals surface area contributed by atoms with Crippen molar-refractivity contribution >= 4 is 41.4 Å². The second-order valence-corrected chi connectivity index (χ2v) is 9.37. The summed E-state index contributed by atoms with van der Waals surface area (Å²) in [4.78, 5) is 12.5. The molecular formula is C21H19ClO2Si. The fraction of sp³-hybridized carbons (Fsp3) is 0.0952. The van der Waals surface area contributed by atoms with E-state index in [1.54, 1.807) is 0 Å². The van der Waals surface area contributed by atoms with Crippen molar-refractivity contribution in [3.8, 4) is 0 Å². The fourth-order valence-corrected chi connectivity index (χ4v) is 6.93. The summed E-state index contributed by atoms with van der Waals surface area (Å²) in [5.41, 5.74) is 0. The summed E-state index contributed by atoms with van der Waals surface area (Å²) in [6.07, 6.45) is 0.197. The van der Waals surface area contributed by atoms with E-state index in [1.807, 2.05) is 91.0 Å². The molecule has 4 heteroatoms. The van der Waals surface area contributed by atoms with Crippen LogP contribution in [-0.2, 0) is 9.22 Å². The van der Waals surface area contributed by atoms with Crippen LogP contribution in [0.1, 0.15) is 6.42 Å². The lowest BCUT2D eigenvalue weighted by Gasteiger charge is -2.32. The van der Waals surface area contributed by atoms with Gasteiger partial charge in [0.25, 0.3) is 5.97 Å². The number of carbonyl (C=O) groups excluding carboxylic acids is 1. The number of hydrogen-bond acceptors (Lipinski definition) is 2. The summed E-state index contributed by atoms with van der Waals surface area (Å²) in [6.45, 7) is 0. The van der Waals surface area contributed by atoms with Crippen LogP contribution in [0.4, 0.5) is 0 Å². The Morgan fingerprint density at radius 3 is 1.40 bits per heavy atom. The predicted octanol–water partition coefficient (Wildman–Crippen LogP) is 2.83. The van der Waals surface area contributed by atoms with Gasteiger partial charge in [0.05, 0.1) is 6.42 Å². The van der Waals surface area contributed by atoms with Gasteiger partial charge in [0.15, 0.2) is 0 Å². The third-order valence-corrected chi connectivity index (χ3v) is 8.27. The summed E-state index contributed by atoms with van der Waals surface area (Å²) >= 11 is 5.78. The molecule has 0 saturated heterocycles. The molecule has 0 radical (unpaired) electrons. The van der Waals surface area contributed by atoms with Crippen LogP contribution in [0.15, 0.2) is 91.0 Å². The molecular weight excluding hydrogens is 348 g/mol. The molecule has 3 rings (SSSR count). The zero-order valence-corrected chi connectivity index (χ0v) is 15.5. The Morgan fingerprint density at radius 2 is 1.08 bits per heavy atom. The predicted molar refractivity (Wildman–Crippen MR) is 105 cm³/mol. The number of hydrogen-bond donors (Lipinski definition) is 0. The standard InChI is InChI=1S/C21H19ClO2Si/c22-17-16-21(23)24-25(18-10-4-1-5-11-18,19-12-6-2-7-13-19)20-14-8-3-9-15-20/h1-15H,16-17H2. The molecule has 25 heavy (non-hydrogen) atoms. The van der Waals surface area contributed by atoms with Gasteiger partial charge in [-0.2, -0.15) is 0 Å². The lowest BCUT2D eigenvalue weighted by Crippen LogP contribution is -2.70. The molecule has 0 unspecified atom stereocenters. The van der Waals surface area contributed by atoms with E-state index in [0.717, 1.165) is 15.6 Å². The van der Waals surface area contributed by atoms with Crippen LogP contribution in [0.2, 0.25) is 0 Å². The van der Waals surface area contributed by atoms with Crippen LogP contribution < -0.4 is 15.6 Å². The first-order valence-corrected chi connectivity index (χ1v) is 10.7. The van der Waals surface area contributed by atoms with Gasteiger partial charge in [-0.25, -0.2) is 0 Å². The SMILES string of the molecule is O=C(CCCl)O[Si](c1ccccc1)(c1ccccc1)c1ccccc1. The van der Waals surface area contributed by atoms with Gasteiger partial charge in [-0.15, -0.1) is 11.6 Å². The fourth-order valence-electron chi connectivity index (χ4n) is 2.99. The molecule has 0 aliphatic heterocycles. The van der Waals surface area contributed by atoms with E-state index in [4.69, 9.17) is 16.0 Å². The molecule has 0 spiro atoms. The Kier molecular flexibility index (Phi) is 5.69. The molecule has 0 aliphatic rings. The van der Waals surface area contributed by atoms with Crippen molar-refractivity contribution in [3.05, 3.63) is 91.0 Å². The molecule has 0 heterocycles. The van der Waals surface area contributed by atoms with Crippen LogP contribution in [0.3, 0.4) is 0 Å². The van der Waals surface area contributed by atoms with Crippen LogP contribution in [0.25, 0.3) is 0 Å². The van der Waals surface area contributed by atoms with Crippen molar-refractivity contribution in [3.63, 3.8) is 0 Å². The van der Waals surface area contributed by atoms with Gasteiger partial charge in [0.1, 0.15) is 0 Å². The minimum Gasteiger partial charge on any atom is -0.505 e. The largest absolute Gasteiger partial charge is 0.505 e. The highest BCUT2D eigenvalue weighted by Gasteiger charge is 2.45. The maximum atomic E-state index is 12.5. The van der Waals surface area contributed by atoms with Gasteiger partial charge in [-0.3, -0.25) is 4.79 Å². The molecule has 3 aromatic rings. The summed E-state index contributed by atoms with van der Waals surface area (Å²) in [7, 11) is -2.93. The number of benzene rings is 3. The van der Waals surface area contributed by atoms with E-state index in [1.165, 1.54) is 0 Å². The second kappa shape index (κ2) is 8.14. The number of carbonyl (C=O) groups is 1. The summed E-state index contributed by atoms with van der Waals surface area (Å²) < 4.78 is 6.25. The first-order chi connectivity index (χ1) is 12.3. The Bertz CT molecular complexity index is 710. The van der Waals surface area contributed by atoms with Gasteiger partial charge in [-0.05, 0) is 15.6 Å². The van der Waals surface area contributed by atoms with E-state index < -0.39 is 8.32 Å². The van der Waals surface area contributed by atoms with E-state index in [0.29, 0.717) is 0 Å². The van der Waals surface area contributed by atoms with Crippen LogP contribution in [0, 0.1) is 0 Å². The summed E-state index contributed by atoms with van der Waals surface area (Å²) in [6, 6.07) is 30.1. The molecule has 126 valence electrons. The van der Waals surface area contributed by atoms with E-state index in [-0.39, 0.29) is 18.3 Å². The van der Waals surface area contributed by atoms with Gasteiger partial charge in [-0.1, -0.05) is 91.0 Å². The smallest absolute Gasteiger partial charge is 0.350 e. The average molecular weight is 367 g/mol. The van der Waals surface area contributed by atoms with Gasteiger partial charge in [0.2, 0.25) is 0 Å². The van der Waals surface area contributed by atoms with E-state index in [2.05, 4.69) is 0 Å². The van der Waals surface area contributed by atoms with E-state index in [9.17, 15) is 4.79 Å². The Morgan fingerprint density at radius 1 is 0.720 bits per heavy atom. The molecule has 0 saturated carbocycles. The third-order valence-electron chi connectivity index (χ3n) is 4.11. The molecule has 0 atom stereocenters.